The molecule has 1 aliphatic rings. The molecule has 2 aromatic carbocycles. The van der Waals surface area contributed by atoms with Gasteiger partial charge in [-0.2, -0.15) is 0 Å². The average molecular weight is 337 g/mol. The fourth-order valence-electron chi connectivity index (χ4n) is 2.85. The number of carbonyl (C=O) groups excluding carboxylic acids is 1. The van der Waals surface area contributed by atoms with Crippen LogP contribution in [0.1, 0.15) is 35.3 Å². The third-order valence-electron chi connectivity index (χ3n) is 4.12. The quantitative estimate of drug-likeness (QED) is 0.750. The molecule has 0 fully saturated rings. The van der Waals surface area contributed by atoms with Gasteiger partial charge in [0.1, 0.15) is 5.71 Å². The predicted octanol–water partition coefficient (Wildman–Crippen LogP) is 3.96. The van der Waals surface area contributed by atoms with Gasteiger partial charge in [0, 0.05) is 17.7 Å². The van der Waals surface area contributed by atoms with Crippen molar-refractivity contribution in [1.29, 1.82) is 0 Å². The predicted molar refractivity (Wildman–Crippen MR) is 99.2 cm³/mol. The lowest BCUT2D eigenvalue weighted by molar-refractivity contribution is 0.106. The van der Waals surface area contributed by atoms with Crippen LogP contribution >= 0.6 is 0 Å². The van der Waals surface area contributed by atoms with Gasteiger partial charge in [-0.1, -0.05) is 44.2 Å². The van der Waals surface area contributed by atoms with Crippen molar-refractivity contribution in [2.24, 2.45) is 10.9 Å². The number of ketones is 1. The maximum atomic E-state index is 12.9. The molecular weight excluding hydrogens is 314 g/mol. The lowest BCUT2D eigenvalue weighted by Gasteiger charge is -2.20. The molecule has 0 aliphatic carbocycles. The molecule has 1 aliphatic heterocycles. The molecule has 25 heavy (non-hydrogen) atoms. The number of Topliss-reactive ketones (excluding diaryl/α,β-unsaturated/α-hetero) is 1. The summed E-state index contributed by atoms with van der Waals surface area (Å²) in [5, 5.41) is 0. The van der Waals surface area contributed by atoms with Gasteiger partial charge in [0.2, 0.25) is 5.78 Å². The fourth-order valence-corrected chi connectivity index (χ4v) is 2.85. The smallest absolute Gasteiger partial charge is 0.211 e. The Kier molecular flexibility index (Phi) is 5.17. The Morgan fingerprint density at radius 2 is 1.92 bits per heavy atom. The Labute approximate surface area is 148 Å². The van der Waals surface area contributed by atoms with Crippen molar-refractivity contribution in [3.8, 4) is 11.5 Å². The number of nitrogens with zero attached hydrogens (tertiary/aromatic N) is 1. The van der Waals surface area contributed by atoms with E-state index in [1.807, 2.05) is 42.5 Å². The monoisotopic (exact) mass is 337 g/mol. The first-order chi connectivity index (χ1) is 12.1. The fraction of sp³-hybridized carbons (Fsp3) is 0.333. The van der Waals surface area contributed by atoms with E-state index in [4.69, 9.17) is 9.47 Å². The van der Waals surface area contributed by atoms with Crippen molar-refractivity contribution < 1.29 is 14.3 Å². The standard InChI is InChI=1S/C21H23NO3/c1-14(2)13-25-19-11-16-9-10-22-20(17(16)12-18(19)24-3)21(23)15-7-5-4-6-8-15/h4-8,11-12,14H,9-10,13H2,1-3H3. The van der Waals surface area contributed by atoms with Gasteiger partial charge in [0.05, 0.1) is 13.7 Å². The Balaban J connectivity index is 1.97. The van der Waals surface area contributed by atoms with Crippen LogP contribution in [0.2, 0.25) is 0 Å². The summed E-state index contributed by atoms with van der Waals surface area (Å²) in [6.07, 6.45) is 0.795. The highest BCUT2D eigenvalue weighted by molar-refractivity contribution is 6.51. The molecule has 4 nitrogen and oxygen atoms in total. The third-order valence-corrected chi connectivity index (χ3v) is 4.12. The summed E-state index contributed by atoms with van der Waals surface area (Å²) < 4.78 is 11.4. The van der Waals surface area contributed by atoms with Crippen LogP contribution in [-0.2, 0) is 6.42 Å². The van der Waals surface area contributed by atoms with Gasteiger partial charge in [-0.3, -0.25) is 9.79 Å². The number of aliphatic imine (C=N–C) groups is 1. The van der Waals surface area contributed by atoms with Gasteiger partial charge in [-0.05, 0) is 30.0 Å². The summed E-state index contributed by atoms with van der Waals surface area (Å²) in [5.41, 5.74) is 3.07. The van der Waals surface area contributed by atoms with Gasteiger partial charge in [-0.15, -0.1) is 0 Å². The van der Waals surface area contributed by atoms with Gasteiger partial charge in [0.15, 0.2) is 11.5 Å². The van der Waals surface area contributed by atoms with Crippen molar-refractivity contribution in [3.05, 3.63) is 59.2 Å². The Bertz CT molecular complexity index is 794. The third kappa shape index (κ3) is 3.73. The van der Waals surface area contributed by atoms with E-state index in [0.29, 0.717) is 36.1 Å². The van der Waals surface area contributed by atoms with E-state index in [-0.39, 0.29) is 5.78 Å². The first-order valence-corrected chi connectivity index (χ1v) is 8.58. The highest BCUT2D eigenvalue weighted by Crippen LogP contribution is 2.33. The largest absolute Gasteiger partial charge is 0.493 e. The van der Waals surface area contributed by atoms with Gasteiger partial charge in [-0.25, -0.2) is 0 Å². The molecule has 0 unspecified atom stereocenters. The highest BCUT2D eigenvalue weighted by atomic mass is 16.5. The van der Waals surface area contributed by atoms with Gasteiger partial charge >= 0.3 is 0 Å². The molecule has 0 aromatic heterocycles. The first kappa shape index (κ1) is 17.2. The van der Waals surface area contributed by atoms with Crippen LogP contribution in [0.3, 0.4) is 0 Å². The average Bonchev–Trinajstić information content (AvgIpc) is 2.65. The second-order valence-corrected chi connectivity index (χ2v) is 6.54. The highest BCUT2D eigenvalue weighted by Gasteiger charge is 2.24. The number of rotatable bonds is 6. The molecular formula is C21H23NO3. The van der Waals surface area contributed by atoms with E-state index in [1.165, 1.54) is 0 Å². The number of hydrogen-bond donors (Lipinski definition) is 0. The topological polar surface area (TPSA) is 47.9 Å². The zero-order valence-electron chi connectivity index (χ0n) is 14.9. The summed E-state index contributed by atoms with van der Waals surface area (Å²) in [6.45, 7) is 5.44. The van der Waals surface area contributed by atoms with E-state index in [2.05, 4.69) is 18.8 Å². The first-order valence-electron chi connectivity index (χ1n) is 8.58. The molecule has 0 N–H and O–H groups in total. The van der Waals surface area contributed by atoms with Gasteiger partial charge in [0.25, 0.3) is 0 Å². The molecule has 4 heteroatoms. The van der Waals surface area contributed by atoms with Crippen LogP contribution < -0.4 is 9.47 Å². The lowest BCUT2D eigenvalue weighted by Crippen LogP contribution is -2.22. The van der Waals surface area contributed by atoms with E-state index < -0.39 is 0 Å². The molecule has 2 aromatic rings. The summed E-state index contributed by atoms with van der Waals surface area (Å²) in [5.74, 6) is 1.73. The minimum absolute atomic E-state index is 0.0561. The molecule has 3 rings (SSSR count). The Morgan fingerprint density at radius 1 is 1.16 bits per heavy atom. The molecule has 0 spiro atoms. The van der Waals surface area contributed by atoms with Crippen LogP contribution in [0.25, 0.3) is 0 Å². The molecule has 0 saturated heterocycles. The number of methoxy groups -OCH3 is 1. The lowest BCUT2D eigenvalue weighted by atomic mass is 9.92. The summed E-state index contributed by atoms with van der Waals surface area (Å²) >= 11 is 0. The minimum atomic E-state index is -0.0561. The summed E-state index contributed by atoms with van der Waals surface area (Å²) in [4.78, 5) is 17.4. The zero-order chi connectivity index (χ0) is 17.8. The van der Waals surface area contributed by atoms with E-state index in [0.717, 1.165) is 23.3 Å². The molecule has 0 saturated carbocycles. The van der Waals surface area contributed by atoms with Crippen LogP contribution in [0, 0.1) is 5.92 Å². The SMILES string of the molecule is COc1cc2c(cc1OCC(C)C)CCN=C2C(=O)c1ccccc1. The van der Waals surface area contributed by atoms with Crippen molar-refractivity contribution in [1.82, 2.24) is 0 Å². The second-order valence-electron chi connectivity index (χ2n) is 6.54. The molecule has 0 atom stereocenters. The Morgan fingerprint density at radius 3 is 2.60 bits per heavy atom. The number of benzene rings is 2. The second kappa shape index (κ2) is 7.51. The van der Waals surface area contributed by atoms with Crippen molar-refractivity contribution in [2.45, 2.75) is 20.3 Å². The molecule has 0 radical (unpaired) electrons. The summed E-state index contributed by atoms with van der Waals surface area (Å²) in [7, 11) is 1.61. The maximum Gasteiger partial charge on any atom is 0.211 e. The van der Waals surface area contributed by atoms with Crippen molar-refractivity contribution >= 4 is 11.5 Å². The van der Waals surface area contributed by atoms with Crippen molar-refractivity contribution in [2.75, 3.05) is 20.3 Å². The van der Waals surface area contributed by atoms with Gasteiger partial charge < -0.3 is 9.47 Å². The molecule has 0 bridgehead atoms. The molecule has 0 amide bonds. The van der Waals surface area contributed by atoms with Crippen LogP contribution in [0.15, 0.2) is 47.5 Å². The normalized spacial score (nSPS) is 13.2. The molecule has 130 valence electrons. The van der Waals surface area contributed by atoms with E-state index >= 15 is 0 Å². The molecule has 1 heterocycles. The van der Waals surface area contributed by atoms with Crippen LogP contribution in [0.5, 0.6) is 11.5 Å². The van der Waals surface area contributed by atoms with Crippen LogP contribution in [0.4, 0.5) is 0 Å². The summed E-state index contributed by atoms with van der Waals surface area (Å²) in [6, 6.07) is 13.1. The number of hydrogen-bond acceptors (Lipinski definition) is 4. The maximum absolute atomic E-state index is 12.9. The van der Waals surface area contributed by atoms with Crippen LogP contribution in [-0.4, -0.2) is 31.8 Å². The van der Waals surface area contributed by atoms with Crippen molar-refractivity contribution in [3.63, 3.8) is 0 Å². The van der Waals surface area contributed by atoms with E-state index in [9.17, 15) is 4.79 Å². The van der Waals surface area contributed by atoms with E-state index in [1.54, 1.807) is 7.11 Å². The minimum Gasteiger partial charge on any atom is -0.493 e. The Hall–Kier alpha value is -2.62. The number of ether oxygens (including phenoxy) is 2. The zero-order valence-corrected chi connectivity index (χ0v) is 14.9. The number of fused-ring (bicyclic) bond motifs is 1. The number of carbonyl (C=O) groups is 1.